The minimum atomic E-state index is -0.0436. The maximum atomic E-state index is 12.0. The highest BCUT2D eigenvalue weighted by molar-refractivity contribution is 7.18. The zero-order chi connectivity index (χ0) is 14.8. The molecular formula is C15H25N3OS. The highest BCUT2D eigenvalue weighted by Gasteiger charge is 2.27. The molecule has 1 aromatic rings. The molecule has 3 N–H and O–H groups in total. The molecular weight excluding hydrogens is 270 g/mol. The summed E-state index contributed by atoms with van der Waals surface area (Å²) in [4.78, 5) is 15.0. The van der Waals surface area contributed by atoms with E-state index in [0.29, 0.717) is 22.5 Å². The lowest BCUT2D eigenvalue weighted by molar-refractivity contribution is 0.0958. The molecule has 2 heterocycles. The number of hydrogen-bond acceptors (Lipinski definition) is 4. The van der Waals surface area contributed by atoms with Gasteiger partial charge < -0.3 is 16.0 Å². The minimum absolute atomic E-state index is 0.0436. The van der Waals surface area contributed by atoms with Gasteiger partial charge in [-0.2, -0.15) is 0 Å². The molecule has 1 aliphatic heterocycles. The summed E-state index contributed by atoms with van der Waals surface area (Å²) in [5, 5.41) is 4.02. The van der Waals surface area contributed by atoms with Crippen molar-refractivity contribution in [2.24, 2.45) is 5.41 Å². The number of thiophene rings is 1. The van der Waals surface area contributed by atoms with Crippen molar-refractivity contribution in [3.63, 3.8) is 0 Å². The molecule has 0 atom stereocenters. The van der Waals surface area contributed by atoms with Crippen LogP contribution in [0.1, 0.15) is 49.7 Å². The van der Waals surface area contributed by atoms with E-state index in [1.807, 2.05) is 13.0 Å². The van der Waals surface area contributed by atoms with Crippen molar-refractivity contribution in [2.75, 3.05) is 30.3 Å². The average Bonchev–Trinajstić information content (AvgIpc) is 2.78. The smallest absolute Gasteiger partial charge is 0.263 e. The van der Waals surface area contributed by atoms with E-state index < -0.39 is 0 Å². The summed E-state index contributed by atoms with van der Waals surface area (Å²) in [6.45, 7) is 9.46. The van der Waals surface area contributed by atoms with Crippen LogP contribution >= 0.6 is 11.3 Å². The quantitative estimate of drug-likeness (QED) is 0.897. The molecule has 1 amide bonds. The number of carbonyl (C=O) groups is 1. The zero-order valence-electron chi connectivity index (χ0n) is 12.7. The van der Waals surface area contributed by atoms with Gasteiger partial charge in [-0.3, -0.25) is 4.79 Å². The first-order chi connectivity index (χ1) is 9.43. The Labute approximate surface area is 125 Å². The van der Waals surface area contributed by atoms with Crippen molar-refractivity contribution >= 4 is 27.9 Å². The lowest BCUT2D eigenvalue weighted by Gasteiger charge is -2.37. The Kier molecular flexibility index (Phi) is 4.58. The first-order valence-corrected chi connectivity index (χ1v) is 8.17. The third-order valence-electron chi connectivity index (χ3n) is 3.92. The lowest BCUT2D eigenvalue weighted by Crippen LogP contribution is -2.36. The standard InChI is InChI=1S/C15H25N3OS/c1-4-7-17-14(19)13-11(16)10-12(20-13)18-8-5-15(2,3)6-9-18/h10H,4-9,16H2,1-3H3,(H,17,19). The van der Waals surface area contributed by atoms with E-state index >= 15 is 0 Å². The van der Waals surface area contributed by atoms with Gasteiger partial charge >= 0.3 is 0 Å². The van der Waals surface area contributed by atoms with Crippen molar-refractivity contribution in [3.8, 4) is 0 Å². The summed E-state index contributed by atoms with van der Waals surface area (Å²) in [5.41, 5.74) is 7.03. The van der Waals surface area contributed by atoms with E-state index in [1.54, 1.807) is 0 Å². The zero-order valence-corrected chi connectivity index (χ0v) is 13.5. The van der Waals surface area contributed by atoms with Crippen LogP contribution in [-0.4, -0.2) is 25.5 Å². The van der Waals surface area contributed by atoms with Gasteiger partial charge in [-0.05, 0) is 30.7 Å². The van der Waals surface area contributed by atoms with Crippen LogP contribution < -0.4 is 16.0 Å². The molecule has 0 unspecified atom stereocenters. The number of nitrogens with one attached hydrogen (secondary N) is 1. The number of carbonyl (C=O) groups excluding carboxylic acids is 1. The summed E-state index contributed by atoms with van der Waals surface area (Å²) < 4.78 is 0. The van der Waals surface area contributed by atoms with Crippen LogP contribution in [0.5, 0.6) is 0 Å². The molecule has 0 saturated carbocycles. The minimum Gasteiger partial charge on any atom is -0.397 e. The predicted molar refractivity (Wildman–Crippen MR) is 86.6 cm³/mol. The van der Waals surface area contributed by atoms with E-state index in [0.717, 1.165) is 24.5 Å². The molecule has 0 aliphatic carbocycles. The number of nitrogen functional groups attached to an aromatic ring is 1. The Morgan fingerprint density at radius 1 is 1.45 bits per heavy atom. The Balaban J connectivity index is 2.06. The van der Waals surface area contributed by atoms with Gasteiger partial charge in [-0.1, -0.05) is 20.8 Å². The second-order valence-corrected chi connectivity index (χ2v) is 7.31. The SMILES string of the molecule is CCCNC(=O)c1sc(N2CCC(C)(C)CC2)cc1N. The molecule has 1 aromatic heterocycles. The highest BCUT2D eigenvalue weighted by Crippen LogP contribution is 2.37. The molecule has 1 fully saturated rings. The van der Waals surface area contributed by atoms with E-state index in [9.17, 15) is 4.79 Å². The van der Waals surface area contributed by atoms with Crippen molar-refractivity contribution in [3.05, 3.63) is 10.9 Å². The maximum absolute atomic E-state index is 12.0. The highest BCUT2D eigenvalue weighted by atomic mass is 32.1. The number of piperidine rings is 1. The summed E-state index contributed by atoms with van der Waals surface area (Å²) in [6.07, 6.45) is 3.30. The Hall–Kier alpha value is -1.23. The number of amides is 1. The monoisotopic (exact) mass is 295 g/mol. The van der Waals surface area contributed by atoms with Crippen LogP contribution in [0, 0.1) is 5.41 Å². The Morgan fingerprint density at radius 2 is 2.10 bits per heavy atom. The molecule has 0 aromatic carbocycles. The van der Waals surface area contributed by atoms with Gasteiger partial charge in [0.05, 0.1) is 10.7 Å². The van der Waals surface area contributed by atoms with Gasteiger partial charge in [0.25, 0.3) is 5.91 Å². The van der Waals surface area contributed by atoms with Crippen LogP contribution in [0.2, 0.25) is 0 Å². The van der Waals surface area contributed by atoms with Crippen LogP contribution in [0.3, 0.4) is 0 Å². The van der Waals surface area contributed by atoms with E-state index in [-0.39, 0.29) is 5.91 Å². The molecule has 0 bridgehead atoms. The normalized spacial score (nSPS) is 18.1. The molecule has 20 heavy (non-hydrogen) atoms. The molecule has 4 nitrogen and oxygen atoms in total. The lowest BCUT2D eigenvalue weighted by atomic mass is 9.83. The number of nitrogens with two attached hydrogens (primary N) is 1. The van der Waals surface area contributed by atoms with Gasteiger partial charge in [0.1, 0.15) is 4.88 Å². The second kappa shape index (κ2) is 6.04. The number of hydrogen-bond donors (Lipinski definition) is 2. The second-order valence-electron chi connectivity index (χ2n) is 6.28. The van der Waals surface area contributed by atoms with Gasteiger partial charge in [0.2, 0.25) is 0 Å². The Morgan fingerprint density at radius 3 is 2.70 bits per heavy atom. The van der Waals surface area contributed by atoms with Crippen LogP contribution in [-0.2, 0) is 0 Å². The van der Waals surface area contributed by atoms with E-state index in [4.69, 9.17) is 5.73 Å². The molecule has 2 rings (SSSR count). The third-order valence-corrected chi connectivity index (χ3v) is 5.13. The van der Waals surface area contributed by atoms with Crippen molar-refractivity contribution in [1.82, 2.24) is 5.32 Å². The van der Waals surface area contributed by atoms with Crippen molar-refractivity contribution < 1.29 is 4.79 Å². The van der Waals surface area contributed by atoms with Gasteiger partial charge in [0.15, 0.2) is 0 Å². The van der Waals surface area contributed by atoms with E-state index in [1.165, 1.54) is 24.2 Å². The van der Waals surface area contributed by atoms with Crippen molar-refractivity contribution in [1.29, 1.82) is 0 Å². The molecule has 0 radical (unpaired) electrons. The number of rotatable bonds is 4. The summed E-state index contributed by atoms with van der Waals surface area (Å²) >= 11 is 1.51. The molecule has 1 saturated heterocycles. The van der Waals surface area contributed by atoms with Crippen molar-refractivity contribution in [2.45, 2.75) is 40.0 Å². The largest absolute Gasteiger partial charge is 0.397 e. The molecule has 112 valence electrons. The van der Waals surface area contributed by atoms with Crippen LogP contribution in [0.15, 0.2) is 6.07 Å². The average molecular weight is 295 g/mol. The molecule has 1 aliphatic rings. The predicted octanol–water partition coefficient (Wildman–Crippen LogP) is 3.10. The first kappa shape index (κ1) is 15.2. The topological polar surface area (TPSA) is 58.4 Å². The summed E-state index contributed by atoms with van der Waals surface area (Å²) in [7, 11) is 0. The third kappa shape index (κ3) is 3.45. The number of anilines is 2. The fourth-order valence-electron chi connectivity index (χ4n) is 2.38. The number of nitrogens with zero attached hydrogens (tertiary/aromatic N) is 1. The van der Waals surface area contributed by atoms with Crippen LogP contribution in [0.25, 0.3) is 0 Å². The maximum Gasteiger partial charge on any atom is 0.263 e. The summed E-state index contributed by atoms with van der Waals surface area (Å²) in [5.74, 6) is -0.0436. The van der Waals surface area contributed by atoms with Gasteiger partial charge in [-0.15, -0.1) is 11.3 Å². The fraction of sp³-hybridized carbons (Fsp3) is 0.667. The molecule has 0 spiro atoms. The summed E-state index contributed by atoms with van der Waals surface area (Å²) in [6, 6.07) is 1.95. The van der Waals surface area contributed by atoms with Crippen LogP contribution in [0.4, 0.5) is 10.7 Å². The van der Waals surface area contributed by atoms with Gasteiger partial charge in [-0.25, -0.2) is 0 Å². The first-order valence-electron chi connectivity index (χ1n) is 7.35. The van der Waals surface area contributed by atoms with E-state index in [2.05, 4.69) is 24.1 Å². The molecule has 5 heteroatoms. The van der Waals surface area contributed by atoms with Gasteiger partial charge in [0, 0.05) is 19.6 Å². The fourth-order valence-corrected chi connectivity index (χ4v) is 3.42. The Bertz CT molecular complexity index is 471.